The SMILES string of the molecule is CN(C)CN1CCN(c2nc(-c3ccc(Cl)cc3)c3ccc(Cl)cc3n2)CC1. The summed E-state index contributed by atoms with van der Waals surface area (Å²) in [5.74, 6) is 0.754. The Morgan fingerprint density at radius 1 is 0.893 bits per heavy atom. The molecule has 1 saturated heterocycles. The van der Waals surface area contributed by atoms with Crippen LogP contribution in [0.25, 0.3) is 22.2 Å². The fourth-order valence-electron chi connectivity index (χ4n) is 3.55. The molecule has 0 radical (unpaired) electrons. The van der Waals surface area contributed by atoms with Crippen molar-refractivity contribution in [3.63, 3.8) is 0 Å². The van der Waals surface area contributed by atoms with Gasteiger partial charge in [-0.3, -0.25) is 9.80 Å². The number of aromatic nitrogens is 2. The summed E-state index contributed by atoms with van der Waals surface area (Å²) in [5, 5.41) is 2.37. The lowest BCUT2D eigenvalue weighted by atomic mass is 10.1. The van der Waals surface area contributed by atoms with E-state index in [-0.39, 0.29) is 0 Å². The van der Waals surface area contributed by atoms with Crippen molar-refractivity contribution in [2.75, 3.05) is 51.8 Å². The minimum Gasteiger partial charge on any atom is -0.338 e. The van der Waals surface area contributed by atoms with Crippen molar-refractivity contribution in [3.8, 4) is 11.3 Å². The molecule has 1 aliphatic heterocycles. The summed E-state index contributed by atoms with van der Waals surface area (Å²) in [5.41, 5.74) is 2.79. The van der Waals surface area contributed by atoms with E-state index in [0.29, 0.717) is 10.0 Å². The van der Waals surface area contributed by atoms with Gasteiger partial charge in [0.25, 0.3) is 0 Å². The number of nitrogens with zero attached hydrogens (tertiary/aromatic N) is 5. The first-order valence-corrected chi connectivity index (χ1v) is 10.1. The molecule has 7 heteroatoms. The van der Waals surface area contributed by atoms with Crippen molar-refractivity contribution >= 4 is 40.1 Å². The fourth-order valence-corrected chi connectivity index (χ4v) is 3.84. The van der Waals surface area contributed by atoms with Crippen molar-refractivity contribution in [1.29, 1.82) is 0 Å². The molecule has 1 fully saturated rings. The van der Waals surface area contributed by atoms with E-state index in [2.05, 4.69) is 28.8 Å². The molecule has 2 aromatic carbocycles. The summed E-state index contributed by atoms with van der Waals surface area (Å²) in [6, 6.07) is 13.5. The molecule has 0 saturated carbocycles. The van der Waals surface area contributed by atoms with E-state index in [9.17, 15) is 0 Å². The Kier molecular flexibility index (Phi) is 5.69. The minimum absolute atomic E-state index is 0.676. The highest BCUT2D eigenvalue weighted by atomic mass is 35.5. The highest BCUT2D eigenvalue weighted by Gasteiger charge is 2.21. The summed E-state index contributed by atoms with van der Waals surface area (Å²) in [7, 11) is 4.20. The molecule has 0 N–H and O–H groups in total. The van der Waals surface area contributed by atoms with Gasteiger partial charge in [-0.15, -0.1) is 0 Å². The van der Waals surface area contributed by atoms with Crippen molar-refractivity contribution in [2.24, 2.45) is 0 Å². The van der Waals surface area contributed by atoms with Crippen LogP contribution in [-0.2, 0) is 0 Å². The van der Waals surface area contributed by atoms with E-state index < -0.39 is 0 Å². The molecule has 0 unspecified atom stereocenters. The molecule has 5 nitrogen and oxygen atoms in total. The van der Waals surface area contributed by atoms with Crippen LogP contribution < -0.4 is 4.90 Å². The maximum Gasteiger partial charge on any atom is 0.226 e. The zero-order valence-corrected chi connectivity index (χ0v) is 17.6. The standard InChI is InChI=1S/C21H23Cl2N5/c1-26(2)14-27-9-11-28(12-10-27)21-24-19-13-17(23)7-8-18(19)20(25-21)15-3-5-16(22)6-4-15/h3-8,13H,9-12,14H2,1-2H3. The Hall–Kier alpha value is -1.92. The summed E-state index contributed by atoms with van der Waals surface area (Å²) < 4.78 is 0. The molecule has 1 aromatic heterocycles. The summed E-state index contributed by atoms with van der Waals surface area (Å²) >= 11 is 12.3. The van der Waals surface area contributed by atoms with Gasteiger partial charge in [-0.05, 0) is 44.4 Å². The molecule has 0 atom stereocenters. The monoisotopic (exact) mass is 415 g/mol. The van der Waals surface area contributed by atoms with E-state index in [0.717, 1.165) is 61.0 Å². The molecular weight excluding hydrogens is 393 g/mol. The molecule has 1 aliphatic rings. The maximum absolute atomic E-state index is 6.24. The first kappa shape index (κ1) is 19.4. The van der Waals surface area contributed by atoms with Crippen LogP contribution in [0.3, 0.4) is 0 Å². The molecular formula is C21H23Cl2N5. The molecule has 28 heavy (non-hydrogen) atoms. The number of fused-ring (bicyclic) bond motifs is 1. The largest absolute Gasteiger partial charge is 0.338 e. The zero-order chi connectivity index (χ0) is 19.7. The van der Waals surface area contributed by atoms with Crippen LogP contribution >= 0.6 is 23.2 Å². The first-order valence-electron chi connectivity index (χ1n) is 9.35. The van der Waals surface area contributed by atoms with Gasteiger partial charge in [0.2, 0.25) is 5.95 Å². The predicted octanol–water partition coefficient (Wildman–Crippen LogP) is 4.24. The van der Waals surface area contributed by atoms with E-state index in [1.807, 2.05) is 42.5 Å². The number of benzene rings is 2. The third-order valence-electron chi connectivity index (χ3n) is 4.90. The average Bonchev–Trinajstić information content (AvgIpc) is 2.67. The topological polar surface area (TPSA) is 35.5 Å². The number of hydrogen-bond donors (Lipinski definition) is 0. The lowest BCUT2D eigenvalue weighted by molar-refractivity contribution is 0.167. The number of halogens is 2. The molecule has 146 valence electrons. The van der Waals surface area contributed by atoms with Crippen LogP contribution in [0, 0.1) is 0 Å². The molecule has 0 amide bonds. The van der Waals surface area contributed by atoms with Gasteiger partial charge in [-0.1, -0.05) is 35.3 Å². The Balaban J connectivity index is 1.70. The van der Waals surface area contributed by atoms with Gasteiger partial charge < -0.3 is 4.90 Å². The summed E-state index contributed by atoms with van der Waals surface area (Å²) in [6.45, 7) is 4.76. The molecule has 2 heterocycles. The second-order valence-electron chi connectivity index (χ2n) is 7.37. The molecule has 0 aliphatic carbocycles. The zero-order valence-electron chi connectivity index (χ0n) is 16.1. The van der Waals surface area contributed by atoms with Crippen LogP contribution in [0.2, 0.25) is 10.0 Å². The number of piperazine rings is 1. The van der Waals surface area contributed by atoms with E-state index in [1.165, 1.54) is 0 Å². The molecule has 0 spiro atoms. The van der Waals surface area contributed by atoms with Gasteiger partial charge in [-0.2, -0.15) is 0 Å². The quantitative estimate of drug-likeness (QED) is 0.636. The van der Waals surface area contributed by atoms with E-state index >= 15 is 0 Å². The number of hydrogen-bond acceptors (Lipinski definition) is 5. The van der Waals surface area contributed by atoms with E-state index in [1.54, 1.807) is 0 Å². The average molecular weight is 416 g/mol. The Morgan fingerprint density at radius 3 is 2.25 bits per heavy atom. The third kappa shape index (κ3) is 4.23. The Labute approximate surface area is 175 Å². The first-order chi connectivity index (χ1) is 13.5. The van der Waals surface area contributed by atoms with Gasteiger partial charge in [0, 0.05) is 47.2 Å². The minimum atomic E-state index is 0.676. The van der Waals surface area contributed by atoms with Crippen LogP contribution in [0.4, 0.5) is 5.95 Å². The van der Waals surface area contributed by atoms with E-state index in [4.69, 9.17) is 33.2 Å². The van der Waals surface area contributed by atoms with Crippen molar-refractivity contribution in [1.82, 2.24) is 19.8 Å². The van der Waals surface area contributed by atoms with Crippen molar-refractivity contribution in [3.05, 3.63) is 52.5 Å². The van der Waals surface area contributed by atoms with Gasteiger partial charge >= 0.3 is 0 Å². The van der Waals surface area contributed by atoms with Crippen LogP contribution in [0.5, 0.6) is 0 Å². The van der Waals surface area contributed by atoms with Gasteiger partial charge in [0.15, 0.2) is 0 Å². The van der Waals surface area contributed by atoms with Gasteiger partial charge in [-0.25, -0.2) is 9.97 Å². The summed E-state index contributed by atoms with van der Waals surface area (Å²) in [6.07, 6.45) is 0. The van der Waals surface area contributed by atoms with Crippen molar-refractivity contribution < 1.29 is 0 Å². The predicted molar refractivity (Wildman–Crippen MR) is 117 cm³/mol. The molecule has 3 aromatic rings. The third-order valence-corrected chi connectivity index (χ3v) is 5.39. The molecule has 0 bridgehead atoms. The number of rotatable bonds is 4. The van der Waals surface area contributed by atoms with Crippen LogP contribution in [-0.4, -0.2) is 66.7 Å². The van der Waals surface area contributed by atoms with Crippen LogP contribution in [0.1, 0.15) is 0 Å². The lowest BCUT2D eigenvalue weighted by Gasteiger charge is -2.36. The highest BCUT2D eigenvalue weighted by Crippen LogP contribution is 2.31. The van der Waals surface area contributed by atoms with Crippen LogP contribution in [0.15, 0.2) is 42.5 Å². The van der Waals surface area contributed by atoms with Gasteiger partial charge in [0.05, 0.1) is 17.9 Å². The maximum atomic E-state index is 6.24. The lowest BCUT2D eigenvalue weighted by Crippen LogP contribution is -2.49. The fraction of sp³-hybridized carbons (Fsp3) is 0.333. The second kappa shape index (κ2) is 8.21. The van der Waals surface area contributed by atoms with Crippen molar-refractivity contribution in [2.45, 2.75) is 0 Å². The normalized spacial score (nSPS) is 15.5. The Bertz CT molecular complexity index is 966. The highest BCUT2D eigenvalue weighted by molar-refractivity contribution is 6.31. The smallest absolute Gasteiger partial charge is 0.226 e. The molecule has 4 rings (SSSR count). The summed E-state index contributed by atoms with van der Waals surface area (Å²) in [4.78, 5) is 16.7. The van der Waals surface area contributed by atoms with Gasteiger partial charge in [0.1, 0.15) is 0 Å². The second-order valence-corrected chi connectivity index (χ2v) is 8.24. The Morgan fingerprint density at radius 2 is 1.57 bits per heavy atom. The number of anilines is 1.